The van der Waals surface area contributed by atoms with Gasteiger partial charge in [0.05, 0.1) is 17.6 Å². The van der Waals surface area contributed by atoms with Gasteiger partial charge >= 0.3 is 0 Å². The van der Waals surface area contributed by atoms with Crippen molar-refractivity contribution in [3.63, 3.8) is 0 Å². The number of piperazine rings is 1. The van der Waals surface area contributed by atoms with E-state index >= 15 is 0 Å². The number of aromatic nitrogens is 2. The van der Waals surface area contributed by atoms with Crippen LogP contribution in [0.25, 0.3) is 10.9 Å². The molecular formula is C15H17N5. The molecule has 0 saturated carbocycles. The molecular weight excluding hydrogens is 250 g/mol. The van der Waals surface area contributed by atoms with Crippen LogP contribution in [0.1, 0.15) is 6.92 Å². The first-order valence-electron chi connectivity index (χ1n) is 6.88. The summed E-state index contributed by atoms with van der Waals surface area (Å²) in [5, 5.41) is 10.0. The van der Waals surface area contributed by atoms with E-state index in [-0.39, 0.29) is 6.04 Å². The lowest BCUT2D eigenvalue weighted by Crippen LogP contribution is -2.49. The Bertz CT molecular complexity index is 640. The molecule has 1 aromatic heterocycles. The zero-order valence-electron chi connectivity index (χ0n) is 11.5. The summed E-state index contributed by atoms with van der Waals surface area (Å²) in [6, 6.07) is 10.3. The highest BCUT2D eigenvalue weighted by Gasteiger charge is 2.22. The molecule has 0 radical (unpaired) electrons. The van der Waals surface area contributed by atoms with Crippen molar-refractivity contribution >= 4 is 16.9 Å². The first-order valence-corrected chi connectivity index (χ1v) is 6.88. The Morgan fingerprint density at radius 2 is 1.95 bits per heavy atom. The number of rotatable bonds is 2. The van der Waals surface area contributed by atoms with E-state index in [1.165, 1.54) is 0 Å². The van der Waals surface area contributed by atoms with Gasteiger partial charge in [0.2, 0.25) is 5.95 Å². The molecule has 1 saturated heterocycles. The van der Waals surface area contributed by atoms with Crippen LogP contribution in [-0.4, -0.2) is 47.1 Å². The van der Waals surface area contributed by atoms with Crippen molar-refractivity contribution in [3.8, 4) is 6.07 Å². The maximum atomic E-state index is 8.96. The monoisotopic (exact) mass is 267 g/mol. The van der Waals surface area contributed by atoms with Crippen LogP contribution in [-0.2, 0) is 0 Å². The minimum atomic E-state index is -0.0188. The second-order valence-electron chi connectivity index (χ2n) is 5.06. The summed E-state index contributed by atoms with van der Waals surface area (Å²) in [5.41, 5.74) is 0.977. The molecule has 102 valence electrons. The molecule has 0 amide bonds. The second kappa shape index (κ2) is 5.43. The molecule has 2 aromatic rings. The average Bonchev–Trinajstić information content (AvgIpc) is 2.54. The number of hydrogen-bond donors (Lipinski definition) is 0. The number of nitriles is 1. The minimum absolute atomic E-state index is 0.0188. The standard InChI is InChI=1S/C15H17N5/c1-12(10-16)19-6-8-20(9-7-19)15-17-11-13-4-2-3-5-14(13)18-15/h2-5,11-12H,6-9H2,1H3. The lowest BCUT2D eigenvalue weighted by molar-refractivity contribution is 0.231. The molecule has 1 unspecified atom stereocenters. The molecule has 0 bridgehead atoms. The molecule has 5 nitrogen and oxygen atoms in total. The maximum absolute atomic E-state index is 8.96. The van der Waals surface area contributed by atoms with E-state index in [1.54, 1.807) is 0 Å². The molecule has 2 heterocycles. The Kier molecular flexibility index (Phi) is 3.48. The zero-order valence-corrected chi connectivity index (χ0v) is 11.5. The number of nitrogens with zero attached hydrogens (tertiary/aromatic N) is 5. The van der Waals surface area contributed by atoms with Crippen LogP contribution >= 0.6 is 0 Å². The Morgan fingerprint density at radius 3 is 2.70 bits per heavy atom. The summed E-state index contributed by atoms with van der Waals surface area (Å²) in [5.74, 6) is 0.785. The zero-order chi connectivity index (χ0) is 13.9. The summed E-state index contributed by atoms with van der Waals surface area (Å²) in [4.78, 5) is 13.5. The van der Waals surface area contributed by atoms with Gasteiger partial charge in [0.15, 0.2) is 0 Å². The summed E-state index contributed by atoms with van der Waals surface area (Å²) >= 11 is 0. The van der Waals surface area contributed by atoms with Gasteiger partial charge in [-0.1, -0.05) is 18.2 Å². The van der Waals surface area contributed by atoms with Gasteiger partial charge in [-0.3, -0.25) is 4.90 Å². The third-order valence-corrected chi connectivity index (χ3v) is 3.81. The Labute approximate surface area is 118 Å². The van der Waals surface area contributed by atoms with Crippen molar-refractivity contribution in [2.75, 3.05) is 31.1 Å². The number of fused-ring (bicyclic) bond motifs is 1. The molecule has 20 heavy (non-hydrogen) atoms. The van der Waals surface area contributed by atoms with Crippen LogP contribution in [0.2, 0.25) is 0 Å². The average molecular weight is 267 g/mol. The van der Waals surface area contributed by atoms with E-state index in [4.69, 9.17) is 5.26 Å². The maximum Gasteiger partial charge on any atom is 0.225 e. The molecule has 0 spiro atoms. The number of anilines is 1. The smallest absolute Gasteiger partial charge is 0.225 e. The fourth-order valence-corrected chi connectivity index (χ4v) is 2.51. The minimum Gasteiger partial charge on any atom is -0.338 e. The molecule has 1 aromatic carbocycles. The molecule has 1 aliphatic rings. The van der Waals surface area contributed by atoms with Crippen molar-refractivity contribution in [1.82, 2.24) is 14.9 Å². The van der Waals surface area contributed by atoms with Crippen molar-refractivity contribution in [2.45, 2.75) is 13.0 Å². The fourth-order valence-electron chi connectivity index (χ4n) is 2.51. The molecule has 1 fully saturated rings. The summed E-state index contributed by atoms with van der Waals surface area (Å²) < 4.78 is 0. The van der Waals surface area contributed by atoms with Crippen LogP contribution in [0.3, 0.4) is 0 Å². The Morgan fingerprint density at radius 1 is 1.20 bits per heavy atom. The molecule has 1 aliphatic heterocycles. The largest absolute Gasteiger partial charge is 0.338 e. The SMILES string of the molecule is CC(C#N)N1CCN(c2ncc3ccccc3n2)CC1. The van der Waals surface area contributed by atoms with Crippen LogP contribution < -0.4 is 4.90 Å². The summed E-state index contributed by atoms with van der Waals surface area (Å²) in [6.07, 6.45) is 1.88. The predicted molar refractivity (Wildman–Crippen MR) is 78.4 cm³/mol. The molecule has 5 heteroatoms. The molecule has 0 N–H and O–H groups in total. The van der Waals surface area contributed by atoms with Crippen LogP contribution in [0, 0.1) is 11.3 Å². The lowest BCUT2D eigenvalue weighted by atomic mass is 10.2. The highest BCUT2D eigenvalue weighted by Crippen LogP contribution is 2.16. The quantitative estimate of drug-likeness (QED) is 0.828. The molecule has 3 rings (SSSR count). The first kappa shape index (κ1) is 12.8. The third kappa shape index (κ3) is 2.43. The van der Waals surface area contributed by atoms with Gasteiger partial charge < -0.3 is 4.90 Å². The highest BCUT2D eigenvalue weighted by atomic mass is 15.3. The number of benzene rings is 1. The predicted octanol–water partition coefficient (Wildman–Crippen LogP) is 1.66. The fraction of sp³-hybridized carbons (Fsp3) is 0.400. The van der Waals surface area contributed by atoms with Gasteiger partial charge in [-0.05, 0) is 13.0 Å². The highest BCUT2D eigenvalue weighted by molar-refractivity contribution is 5.78. The van der Waals surface area contributed by atoms with E-state index in [1.807, 2.05) is 37.4 Å². The number of hydrogen-bond acceptors (Lipinski definition) is 5. The van der Waals surface area contributed by atoms with Crippen molar-refractivity contribution in [2.24, 2.45) is 0 Å². The van der Waals surface area contributed by atoms with E-state index < -0.39 is 0 Å². The lowest BCUT2D eigenvalue weighted by Gasteiger charge is -2.35. The van der Waals surface area contributed by atoms with Gasteiger partial charge in [0, 0.05) is 37.8 Å². The van der Waals surface area contributed by atoms with Gasteiger partial charge in [-0.15, -0.1) is 0 Å². The Hall–Kier alpha value is -2.19. The van der Waals surface area contributed by atoms with Gasteiger partial charge in [0.1, 0.15) is 0 Å². The molecule has 0 aliphatic carbocycles. The van der Waals surface area contributed by atoms with E-state index in [9.17, 15) is 0 Å². The third-order valence-electron chi connectivity index (χ3n) is 3.81. The van der Waals surface area contributed by atoms with Crippen LogP contribution in [0.5, 0.6) is 0 Å². The van der Waals surface area contributed by atoms with Crippen molar-refractivity contribution < 1.29 is 0 Å². The van der Waals surface area contributed by atoms with E-state index in [0.717, 1.165) is 43.0 Å². The van der Waals surface area contributed by atoms with Gasteiger partial charge in [0.25, 0.3) is 0 Å². The van der Waals surface area contributed by atoms with E-state index in [0.29, 0.717) is 0 Å². The first-order chi connectivity index (χ1) is 9.78. The van der Waals surface area contributed by atoms with Crippen LogP contribution in [0.4, 0.5) is 5.95 Å². The van der Waals surface area contributed by atoms with Gasteiger partial charge in [-0.2, -0.15) is 5.26 Å². The second-order valence-corrected chi connectivity index (χ2v) is 5.06. The topological polar surface area (TPSA) is 56.1 Å². The van der Waals surface area contributed by atoms with E-state index in [2.05, 4.69) is 25.8 Å². The summed E-state index contributed by atoms with van der Waals surface area (Å²) in [7, 11) is 0. The van der Waals surface area contributed by atoms with Gasteiger partial charge in [-0.25, -0.2) is 9.97 Å². The molecule has 1 atom stereocenters. The normalized spacial score (nSPS) is 17.9. The van der Waals surface area contributed by atoms with Crippen molar-refractivity contribution in [1.29, 1.82) is 5.26 Å². The number of para-hydroxylation sites is 1. The van der Waals surface area contributed by atoms with Crippen LogP contribution in [0.15, 0.2) is 30.5 Å². The Balaban J connectivity index is 1.75. The summed E-state index contributed by atoms with van der Waals surface area (Å²) in [6.45, 7) is 5.44. The van der Waals surface area contributed by atoms with Crippen molar-refractivity contribution in [3.05, 3.63) is 30.5 Å².